The molecule has 1 rings (SSSR count). The smallest absolute Gasteiger partial charge is 0.234 e. The monoisotopic (exact) mass is 327 g/mol. The molecule has 0 saturated carbocycles. The van der Waals surface area contributed by atoms with Crippen LogP contribution in [0, 0.1) is 0 Å². The summed E-state index contributed by atoms with van der Waals surface area (Å²) in [5.41, 5.74) is 0.443. The molecule has 7 heteroatoms. The van der Waals surface area contributed by atoms with Crippen LogP contribution in [0.2, 0.25) is 15.1 Å². The third-order valence-electron chi connectivity index (χ3n) is 1.96. The topological polar surface area (TPSA) is 49.3 Å². The molecule has 0 heterocycles. The van der Waals surface area contributed by atoms with Crippen LogP contribution in [0.25, 0.3) is 0 Å². The van der Waals surface area contributed by atoms with Crippen LogP contribution >= 0.6 is 46.6 Å². The van der Waals surface area contributed by atoms with Crippen LogP contribution in [-0.4, -0.2) is 29.1 Å². The van der Waals surface area contributed by atoms with Crippen LogP contribution in [0.15, 0.2) is 12.1 Å². The number of benzene rings is 1. The minimum absolute atomic E-state index is 0.132. The summed E-state index contributed by atoms with van der Waals surface area (Å²) in [5, 5.41) is 12.3. The van der Waals surface area contributed by atoms with Gasteiger partial charge in [-0.15, -0.1) is 0 Å². The highest BCUT2D eigenvalue weighted by molar-refractivity contribution is 7.99. The average molecular weight is 329 g/mol. The van der Waals surface area contributed by atoms with E-state index in [1.807, 2.05) is 0 Å². The number of rotatable bonds is 6. The van der Waals surface area contributed by atoms with Gasteiger partial charge in [0, 0.05) is 6.61 Å². The van der Waals surface area contributed by atoms with E-state index in [0.29, 0.717) is 32.9 Å². The van der Waals surface area contributed by atoms with Crippen molar-refractivity contribution in [1.29, 1.82) is 0 Å². The Morgan fingerprint density at radius 1 is 1.22 bits per heavy atom. The van der Waals surface area contributed by atoms with Crippen LogP contribution < -0.4 is 5.32 Å². The molecule has 0 atom stereocenters. The normalized spacial score (nSPS) is 10.4. The Bertz CT molecular complexity index is 429. The molecule has 2 N–H and O–H groups in total. The summed E-state index contributed by atoms with van der Waals surface area (Å²) in [6.07, 6.45) is 0.672. The molecule has 0 bridgehead atoms. The third kappa shape index (κ3) is 5.24. The van der Waals surface area contributed by atoms with E-state index in [9.17, 15) is 4.79 Å². The fourth-order valence-electron chi connectivity index (χ4n) is 1.14. The zero-order valence-electron chi connectivity index (χ0n) is 9.38. The van der Waals surface area contributed by atoms with Gasteiger partial charge in [0.05, 0.1) is 26.5 Å². The van der Waals surface area contributed by atoms with Gasteiger partial charge in [0.1, 0.15) is 0 Å². The molecule has 0 saturated heterocycles. The summed E-state index contributed by atoms with van der Waals surface area (Å²) in [4.78, 5) is 11.6. The molecule has 1 aromatic rings. The number of hydrogen-bond donors (Lipinski definition) is 2. The number of carbonyl (C=O) groups excluding carboxylic acids is 1. The van der Waals surface area contributed by atoms with Crippen LogP contribution in [0.3, 0.4) is 0 Å². The Labute approximate surface area is 125 Å². The van der Waals surface area contributed by atoms with Gasteiger partial charge in [0.2, 0.25) is 5.91 Å². The second-order valence-corrected chi connectivity index (χ2v) is 5.75. The van der Waals surface area contributed by atoms with Gasteiger partial charge in [0.15, 0.2) is 0 Å². The first-order valence-electron chi connectivity index (χ1n) is 5.17. The lowest BCUT2D eigenvalue weighted by molar-refractivity contribution is -0.113. The van der Waals surface area contributed by atoms with Crippen LogP contribution in [0.5, 0.6) is 0 Å². The standard InChI is InChI=1S/C11H12Cl3NO2S/c12-7-4-9(14)10(5-8(7)13)15-11(17)6-18-3-1-2-16/h4-5,16H,1-3,6H2,(H,15,17). The van der Waals surface area contributed by atoms with E-state index in [-0.39, 0.29) is 12.5 Å². The highest BCUT2D eigenvalue weighted by Gasteiger charge is 2.09. The van der Waals surface area contributed by atoms with Gasteiger partial charge >= 0.3 is 0 Å². The van der Waals surface area contributed by atoms with E-state index in [1.165, 1.54) is 23.9 Å². The van der Waals surface area contributed by atoms with Crippen molar-refractivity contribution >= 4 is 58.2 Å². The molecule has 0 aliphatic rings. The second kappa shape index (κ2) is 8.12. The zero-order valence-corrected chi connectivity index (χ0v) is 12.5. The summed E-state index contributed by atoms with van der Waals surface area (Å²) >= 11 is 19.0. The van der Waals surface area contributed by atoms with Crippen LogP contribution in [0.4, 0.5) is 5.69 Å². The maximum absolute atomic E-state index is 11.6. The predicted octanol–water partition coefficient (Wildman–Crippen LogP) is 3.70. The Kier molecular flexibility index (Phi) is 7.19. The number of nitrogens with one attached hydrogen (secondary N) is 1. The third-order valence-corrected chi connectivity index (χ3v) is 4.04. The highest BCUT2D eigenvalue weighted by Crippen LogP contribution is 2.32. The molecule has 0 aromatic heterocycles. The van der Waals surface area contributed by atoms with E-state index in [4.69, 9.17) is 39.9 Å². The molecule has 0 radical (unpaired) electrons. The lowest BCUT2D eigenvalue weighted by Crippen LogP contribution is -2.14. The lowest BCUT2D eigenvalue weighted by Gasteiger charge is -2.08. The number of amides is 1. The molecule has 1 aromatic carbocycles. The Hall–Kier alpha value is -0.130. The van der Waals surface area contributed by atoms with Crippen molar-refractivity contribution in [3.63, 3.8) is 0 Å². The van der Waals surface area contributed by atoms with Gasteiger partial charge in [0.25, 0.3) is 0 Å². The van der Waals surface area contributed by atoms with E-state index in [1.54, 1.807) is 0 Å². The summed E-state index contributed by atoms with van der Waals surface area (Å²) in [5.74, 6) is 0.869. The molecule has 3 nitrogen and oxygen atoms in total. The van der Waals surface area contributed by atoms with Gasteiger partial charge in [-0.25, -0.2) is 0 Å². The molecule has 0 fully saturated rings. The van der Waals surface area contributed by atoms with E-state index in [0.717, 1.165) is 5.75 Å². The molecule has 18 heavy (non-hydrogen) atoms. The zero-order chi connectivity index (χ0) is 13.5. The van der Waals surface area contributed by atoms with Crippen molar-refractivity contribution in [3.8, 4) is 0 Å². The van der Waals surface area contributed by atoms with Gasteiger partial charge in [-0.2, -0.15) is 11.8 Å². The Morgan fingerprint density at radius 2 is 1.89 bits per heavy atom. The Morgan fingerprint density at radius 3 is 2.56 bits per heavy atom. The maximum Gasteiger partial charge on any atom is 0.234 e. The number of hydrogen-bond acceptors (Lipinski definition) is 3. The minimum Gasteiger partial charge on any atom is -0.396 e. The number of carbonyl (C=O) groups is 1. The van der Waals surface area contributed by atoms with Crippen molar-refractivity contribution in [2.24, 2.45) is 0 Å². The van der Waals surface area contributed by atoms with E-state index >= 15 is 0 Å². The molecule has 1 amide bonds. The highest BCUT2D eigenvalue weighted by atomic mass is 35.5. The van der Waals surface area contributed by atoms with Crippen molar-refractivity contribution in [1.82, 2.24) is 0 Å². The molecular formula is C11H12Cl3NO2S. The van der Waals surface area contributed by atoms with Crippen molar-refractivity contribution in [2.45, 2.75) is 6.42 Å². The maximum atomic E-state index is 11.6. The summed E-state index contributed by atoms with van der Waals surface area (Å²) in [6, 6.07) is 3.00. The quantitative estimate of drug-likeness (QED) is 0.618. The fraction of sp³-hybridized carbons (Fsp3) is 0.364. The number of aliphatic hydroxyl groups excluding tert-OH is 1. The summed E-state index contributed by atoms with van der Waals surface area (Å²) in [6.45, 7) is 0.132. The molecule has 0 spiro atoms. The van der Waals surface area contributed by atoms with Gasteiger partial charge in [-0.1, -0.05) is 34.8 Å². The molecule has 0 unspecified atom stereocenters. The van der Waals surface area contributed by atoms with Crippen molar-refractivity contribution in [2.75, 3.05) is 23.4 Å². The first-order valence-corrected chi connectivity index (χ1v) is 7.46. The first-order chi connectivity index (χ1) is 8.54. The number of thioether (sulfide) groups is 1. The number of anilines is 1. The minimum atomic E-state index is -0.168. The number of halogens is 3. The van der Waals surface area contributed by atoms with Gasteiger partial charge in [-0.3, -0.25) is 4.79 Å². The fourth-order valence-corrected chi connectivity index (χ4v) is 2.47. The second-order valence-electron chi connectivity index (χ2n) is 3.42. The van der Waals surface area contributed by atoms with Crippen LogP contribution in [-0.2, 0) is 4.79 Å². The summed E-state index contributed by atoms with van der Waals surface area (Å²) < 4.78 is 0. The number of aliphatic hydroxyl groups is 1. The van der Waals surface area contributed by atoms with E-state index in [2.05, 4.69) is 5.32 Å². The molecular weight excluding hydrogens is 317 g/mol. The lowest BCUT2D eigenvalue weighted by atomic mass is 10.3. The van der Waals surface area contributed by atoms with Crippen molar-refractivity contribution in [3.05, 3.63) is 27.2 Å². The van der Waals surface area contributed by atoms with Gasteiger partial charge < -0.3 is 10.4 Å². The summed E-state index contributed by atoms with van der Waals surface area (Å²) in [7, 11) is 0. The first kappa shape index (κ1) is 15.9. The average Bonchev–Trinajstić information content (AvgIpc) is 2.32. The van der Waals surface area contributed by atoms with Crippen molar-refractivity contribution < 1.29 is 9.90 Å². The Balaban J connectivity index is 2.51. The van der Waals surface area contributed by atoms with Gasteiger partial charge in [-0.05, 0) is 24.3 Å². The van der Waals surface area contributed by atoms with E-state index < -0.39 is 0 Å². The van der Waals surface area contributed by atoms with Crippen LogP contribution in [0.1, 0.15) is 6.42 Å². The SMILES string of the molecule is O=C(CSCCCO)Nc1cc(Cl)c(Cl)cc1Cl. The molecule has 0 aliphatic carbocycles. The predicted molar refractivity (Wildman–Crippen MR) is 79.1 cm³/mol. The molecule has 100 valence electrons. The molecule has 0 aliphatic heterocycles. The largest absolute Gasteiger partial charge is 0.396 e.